The number of aryl methyl sites for hydroxylation is 2. The lowest BCUT2D eigenvalue weighted by Crippen LogP contribution is -2.42. The molecule has 1 amide bonds. The molecule has 5 nitrogen and oxygen atoms in total. The van der Waals surface area contributed by atoms with Gasteiger partial charge in [0.15, 0.2) is 0 Å². The summed E-state index contributed by atoms with van der Waals surface area (Å²) in [5.74, 6) is 0.712. The Balaban J connectivity index is 1.64. The van der Waals surface area contributed by atoms with Gasteiger partial charge in [-0.25, -0.2) is 0 Å². The first-order chi connectivity index (χ1) is 17.9. The Hall–Kier alpha value is -3.47. The maximum absolute atomic E-state index is 12.9. The molecule has 1 unspecified atom stereocenters. The lowest BCUT2D eigenvalue weighted by Gasteiger charge is -2.33. The van der Waals surface area contributed by atoms with Gasteiger partial charge < -0.3 is 10.2 Å². The molecule has 2 aromatic rings. The second-order valence-corrected chi connectivity index (χ2v) is 10.0. The number of rotatable bonds is 10. The molecule has 5 heteroatoms. The molecular weight excluding hydrogens is 456 g/mol. The molecule has 1 saturated heterocycles. The first-order valence-corrected chi connectivity index (χ1v) is 13.4. The van der Waals surface area contributed by atoms with E-state index in [2.05, 4.69) is 71.5 Å². The number of hydrogen-bond acceptors (Lipinski definition) is 4. The molecule has 0 spiro atoms. The van der Waals surface area contributed by atoms with E-state index in [0.29, 0.717) is 12.3 Å². The van der Waals surface area contributed by atoms with Crippen molar-refractivity contribution in [3.05, 3.63) is 94.3 Å². The van der Waals surface area contributed by atoms with Crippen LogP contribution in [0.4, 0.5) is 0 Å². The lowest BCUT2D eigenvalue weighted by atomic mass is 9.97. The van der Waals surface area contributed by atoms with E-state index in [1.54, 1.807) is 7.05 Å². The van der Waals surface area contributed by atoms with Crippen molar-refractivity contribution in [1.29, 1.82) is 0 Å². The standard InChI is InChI=1S/C32H42N4O/c1-24-12-9-10-16-30(24)31(35-27(4)25(2)21-33-5)20-26(3)34-22-29-15-11-19-36(23-29)32(37)18-17-28-13-7-6-8-14-28/h6-10,12-14,16,20-21,29,34H,11,15,17-19,22-23H2,1-5H3/b26-20+,27-25+,33-21?,35-31+. The largest absolute Gasteiger partial charge is 0.388 e. The summed E-state index contributed by atoms with van der Waals surface area (Å²) in [4.78, 5) is 24.0. The minimum Gasteiger partial charge on any atom is -0.388 e. The van der Waals surface area contributed by atoms with E-state index in [1.807, 2.05) is 38.3 Å². The second-order valence-electron chi connectivity index (χ2n) is 10.0. The van der Waals surface area contributed by atoms with Gasteiger partial charge in [-0.05, 0) is 75.7 Å². The molecule has 1 atom stereocenters. The molecule has 0 saturated carbocycles. The van der Waals surface area contributed by atoms with Crippen LogP contribution in [0.1, 0.15) is 56.7 Å². The number of nitrogens with zero attached hydrogens (tertiary/aromatic N) is 3. The number of nitrogens with one attached hydrogen (secondary N) is 1. The molecule has 196 valence electrons. The molecule has 1 aliphatic heterocycles. The fourth-order valence-corrected chi connectivity index (χ4v) is 4.66. The van der Waals surface area contributed by atoms with E-state index in [4.69, 9.17) is 4.99 Å². The molecule has 3 rings (SSSR count). The van der Waals surface area contributed by atoms with Crippen LogP contribution in [0.5, 0.6) is 0 Å². The molecule has 1 aliphatic rings. The number of allylic oxidation sites excluding steroid dienone is 4. The third-order valence-corrected chi connectivity index (χ3v) is 6.97. The topological polar surface area (TPSA) is 57.1 Å². The molecular formula is C32H42N4O. The number of aliphatic imine (C=N–C) groups is 2. The van der Waals surface area contributed by atoms with Gasteiger partial charge in [0.25, 0.3) is 0 Å². The predicted octanol–water partition coefficient (Wildman–Crippen LogP) is 6.14. The van der Waals surface area contributed by atoms with Crippen molar-refractivity contribution in [3.8, 4) is 0 Å². The van der Waals surface area contributed by atoms with E-state index < -0.39 is 0 Å². The number of amides is 1. The van der Waals surface area contributed by atoms with Gasteiger partial charge in [0.05, 0.1) is 5.71 Å². The Bertz CT molecular complexity index is 1160. The van der Waals surface area contributed by atoms with Crippen molar-refractivity contribution in [2.24, 2.45) is 15.9 Å². The van der Waals surface area contributed by atoms with Crippen molar-refractivity contribution in [1.82, 2.24) is 10.2 Å². The highest BCUT2D eigenvalue weighted by Crippen LogP contribution is 2.18. The summed E-state index contributed by atoms with van der Waals surface area (Å²) in [7, 11) is 1.78. The monoisotopic (exact) mass is 498 g/mol. The van der Waals surface area contributed by atoms with Gasteiger partial charge in [0.1, 0.15) is 0 Å². The van der Waals surface area contributed by atoms with Gasteiger partial charge in [0, 0.05) is 56.3 Å². The van der Waals surface area contributed by atoms with Crippen LogP contribution >= 0.6 is 0 Å². The first-order valence-electron chi connectivity index (χ1n) is 13.4. The summed E-state index contributed by atoms with van der Waals surface area (Å²) < 4.78 is 0. The molecule has 1 N–H and O–H groups in total. The number of carbonyl (C=O) groups excluding carboxylic acids is 1. The van der Waals surface area contributed by atoms with Crippen LogP contribution < -0.4 is 5.32 Å². The van der Waals surface area contributed by atoms with Crippen molar-refractivity contribution in [2.45, 2.75) is 53.4 Å². The molecule has 0 aromatic heterocycles. The van der Waals surface area contributed by atoms with Crippen molar-refractivity contribution >= 4 is 17.8 Å². The average Bonchev–Trinajstić information content (AvgIpc) is 2.91. The van der Waals surface area contributed by atoms with Crippen molar-refractivity contribution in [3.63, 3.8) is 0 Å². The van der Waals surface area contributed by atoms with Crippen LogP contribution in [0.25, 0.3) is 0 Å². The van der Waals surface area contributed by atoms with Crippen LogP contribution in [0.2, 0.25) is 0 Å². The Morgan fingerprint density at radius 1 is 1.08 bits per heavy atom. The maximum atomic E-state index is 12.9. The van der Waals surface area contributed by atoms with Crippen LogP contribution in [0, 0.1) is 12.8 Å². The van der Waals surface area contributed by atoms with Gasteiger partial charge in [-0.15, -0.1) is 0 Å². The Labute approximate surface area is 223 Å². The summed E-state index contributed by atoms with van der Waals surface area (Å²) in [6.45, 7) is 10.8. The highest BCUT2D eigenvalue weighted by molar-refractivity contribution is 6.10. The minimum absolute atomic E-state index is 0.267. The third kappa shape index (κ3) is 8.85. The van der Waals surface area contributed by atoms with Gasteiger partial charge in [-0.3, -0.25) is 14.8 Å². The Morgan fingerprint density at radius 3 is 2.54 bits per heavy atom. The summed E-state index contributed by atoms with van der Waals surface area (Å²) in [5.41, 5.74) is 7.54. The molecule has 37 heavy (non-hydrogen) atoms. The van der Waals surface area contributed by atoms with Crippen molar-refractivity contribution < 1.29 is 4.79 Å². The zero-order chi connectivity index (χ0) is 26.6. The fraction of sp³-hybridized carbons (Fsp3) is 0.406. The number of piperidine rings is 1. The normalized spacial score (nSPS) is 17.6. The summed E-state index contributed by atoms with van der Waals surface area (Å²) in [6.07, 6.45) is 7.56. The van der Waals surface area contributed by atoms with E-state index >= 15 is 0 Å². The maximum Gasteiger partial charge on any atom is 0.222 e. The molecule has 0 radical (unpaired) electrons. The first kappa shape index (κ1) is 28.1. The molecule has 1 fully saturated rings. The molecule has 0 bridgehead atoms. The number of likely N-dealkylation sites (tertiary alicyclic amines) is 1. The van der Waals surface area contributed by atoms with Crippen LogP contribution in [0.3, 0.4) is 0 Å². The van der Waals surface area contributed by atoms with Gasteiger partial charge in [-0.2, -0.15) is 0 Å². The minimum atomic E-state index is 0.267. The number of benzene rings is 2. The average molecular weight is 499 g/mol. The summed E-state index contributed by atoms with van der Waals surface area (Å²) in [5, 5.41) is 3.62. The SMILES string of the molecule is CN=C/C(C)=C(C)/N=C(\C=C(/C)NCC1CCCN(C(=O)CCc2ccccc2)C1)c1ccccc1C. The summed E-state index contributed by atoms with van der Waals surface area (Å²) in [6, 6.07) is 18.6. The van der Waals surface area contributed by atoms with Crippen LogP contribution in [-0.4, -0.2) is 49.4 Å². The quantitative estimate of drug-likeness (QED) is 0.400. The summed E-state index contributed by atoms with van der Waals surface area (Å²) >= 11 is 0. The zero-order valence-corrected chi connectivity index (χ0v) is 23.1. The fourth-order valence-electron chi connectivity index (χ4n) is 4.66. The smallest absolute Gasteiger partial charge is 0.222 e. The predicted molar refractivity (Wildman–Crippen MR) is 156 cm³/mol. The van der Waals surface area contributed by atoms with E-state index in [1.165, 1.54) is 11.1 Å². The van der Waals surface area contributed by atoms with Crippen LogP contribution in [-0.2, 0) is 11.2 Å². The molecule has 1 heterocycles. The molecule has 0 aliphatic carbocycles. The van der Waals surface area contributed by atoms with E-state index in [-0.39, 0.29) is 5.91 Å². The van der Waals surface area contributed by atoms with Crippen LogP contribution in [0.15, 0.2) is 87.6 Å². The van der Waals surface area contributed by atoms with Gasteiger partial charge in [0.2, 0.25) is 5.91 Å². The van der Waals surface area contributed by atoms with Gasteiger partial charge >= 0.3 is 0 Å². The highest BCUT2D eigenvalue weighted by atomic mass is 16.2. The lowest BCUT2D eigenvalue weighted by molar-refractivity contribution is -0.132. The zero-order valence-electron chi connectivity index (χ0n) is 23.1. The second kappa shape index (κ2) is 14.3. The Kier molecular flexibility index (Phi) is 10.9. The number of carbonyl (C=O) groups is 1. The number of hydrogen-bond donors (Lipinski definition) is 1. The van der Waals surface area contributed by atoms with E-state index in [9.17, 15) is 4.79 Å². The Morgan fingerprint density at radius 2 is 1.81 bits per heavy atom. The van der Waals surface area contributed by atoms with E-state index in [0.717, 1.165) is 67.1 Å². The van der Waals surface area contributed by atoms with Crippen molar-refractivity contribution in [2.75, 3.05) is 26.7 Å². The highest BCUT2D eigenvalue weighted by Gasteiger charge is 2.23. The van der Waals surface area contributed by atoms with Gasteiger partial charge in [-0.1, -0.05) is 54.6 Å². The third-order valence-electron chi connectivity index (χ3n) is 6.97. The molecule has 2 aromatic carbocycles.